The first kappa shape index (κ1) is 11.2. The summed E-state index contributed by atoms with van der Waals surface area (Å²) in [6.07, 6.45) is 9.93. The second-order valence-corrected chi connectivity index (χ2v) is 3.14. The summed E-state index contributed by atoms with van der Waals surface area (Å²) in [4.78, 5) is 0. The van der Waals surface area contributed by atoms with Crippen molar-refractivity contribution in [3.63, 3.8) is 0 Å². The van der Waals surface area contributed by atoms with Crippen LogP contribution in [0.15, 0.2) is 37.0 Å². The molecule has 0 aliphatic heterocycles. The summed E-state index contributed by atoms with van der Waals surface area (Å²) in [7, 11) is 0. The molecule has 68 valence electrons. The van der Waals surface area contributed by atoms with Crippen LogP contribution in [-0.4, -0.2) is 0 Å². The third-order valence-electron chi connectivity index (χ3n) is 1.99. The Balaban J connectivity index is 3.67. The van der Waals surface area contributed by atoms with Crippen molar-refractivity contribution in [1.82, 2.24) is 0 Å². The van der Waals surface area contributed by atoms with Gasteiger partial charge in [0, 0.05) is 0 Å². The van der Waals surface area contributed by atoms with Gasteiger partial charge in [0.05, 0.1) is 0 Å². The van der Waals surface area contributed by atoms with Gasteiger partial charge in [0.2, 0.25) is 0 Å². The predicted octanol–water partition coefficient (Wildman–Crippen LogP) is 4.11. The number of rotatable bonds is 6. The van der Waals surface area contributed by atoms with Crippen molar-refractivity contribution in [3.8, 4) is 0 Å². The topological polar surface area (TPSA) is 0 Å². The monoisotopic (exact) mass is 164 g/mol. The molecule has 0 radical (unpaired) electrons. The highest BCUT2D eigenvalue weighted by Gasteiger charge is 1.95. The first-order chi connectivity index (χ1) is 5.72. The van der Waals surface area contributed by atoms with E-state index in [1.165, 1.54) is 19.3 Å². The molecule has 0 bridgehead atoms. The minimum Gasteiger partial charge on any atom is -0.102 e. The Morgan fingerprint density at radius 2 is 2.17 bits per heavy atom. The Morgan fingerprint density at radius 3 is 2.67 bits per heavy atom. The van der Waals surface area contributed by atoms with Gasteiger partial charge < -0.3 is 0 Å². The van der Waals surface area contributed by atoms with Crippen molar-refractivity contribution >= 4 is 0 Å². The van der Waals surface area contributed by atoms with E-state index in [1.807, 2.05) is 6.08 Å². The van der Waals surface area contributed by atoms with Crippen molar-refractivity contribution in [2.75, 3.05) is 0 Å². The summed E-state index contributed by atoms with van der Waals surface area (Å²) in [5, 5.41) is 0. The fraction of sp³-hybridized carbons (Fsp3) is 0.500. The molecule has 0 spiro atoms. The molecule has 0 heteroatoms. The molecule has 0 aromatic rings. The van der Waals surface area contributed by atoms with Gasteiger partial charge in [-0.15, -0.1) is 6.58 Å². The van der Waals surface area contributed by atoms with Crippen molar-refractivity contribution in [3.05, 3.63) is 37.0 Å². The fourth-order valence-corrected chi connectivity index (χ4v) is 0.860. The summed E-state index contributed by atoms with van der Waals surface area (Å²) >= 11 is 0. The Kier molecular flexibility index (Phi) is 6.45. The maximum atomic E-state index is 3.97. The van der Waals surface area contributed by atoms with Crippen LogP contribution in [0, 0.1) is 5.92 Å². The fourth-order valence-electron chi connectivity index (χ4n) is 0.860. The van der Waals surface area contributed by atoms with Crippen LogP contribution in [0.4, 0.5) is 0 Å². The Labute approximate surface area is 76.7 Å². The van der Waals surface area contributed by atoms with Gasteiger partial charge in [-0.05, 0) is 17.9 Å². The summed E-state index contributed by atoms with van der Waals surface area (Å²) in [6, 6.07) is 0. The molecule has 0 saturated heterocycles. The number of hydrogen-bond acceptors (Lipinski definition) is 0. The van der Waals surface area contributed by atoms with Gasteiger partial charge in [-0.2, -0.15) is 0 Å². The number of unbranched alkanes of at least 4 members (excludes halogenated alkanes) is 2. The summed E-state index contributed by atoms with van der Waals surface area (Å²) < 4.78 is 0. The molecule has 0 aromatic heterocycles. The van der Waals surface area contributed by atoms with Crippen LogP contribution < -0.4 is 0 Å². The predicted molar refractivity (Wildman–Crippen MR) is 57.2 cm³/mol. The van der Waals surface area contributed by atoms with Crippen LogP contribution in [0.3, 0.4) is 0 Å². The first-order valence-electron chi connectivity index (χ1n) is 4.70. The molecule has 1 atom stereocenters. The van der Waals surface area contributed by atoms with Crippen LogP contribution in [-0.2, 0) is 0 Å². The molecule has 0 amide bonds. The third-order valence-corrected chi connectivity index (χ3v) is 1.99. The SMILES string of the molecule is C=CC(C)C(=C)C=CCCCC. The van der Waals surface area contributed by atoms with Crippen molar-refractivity contribution < 1.29 is 0 Å². The molecular weight excluding hydrogens is 144 g/mol. The van der Waals surface area contributed by atoms with Gasteiger partial charge in [0.25, 0.3) is 0 Å². The standard InChI is InChI=1S/C12H20/c1-5-7-8-9-10-12(4)11(3)6-2/h6,9-11H,2,4-5,7-8H2,1,3H3. The average Bonchev–Trinajstić information content (AvgIpc) is 2.10. The van der Waals surface area contributed by atoms with E-state index in [9.17, 15) is 0 Å². The van der Waals surface area contributed by atoms with E-state index >= 15 is 0 Å². The lowest BCUT2D eigenvalue weighted by Gasteiger charge is -2.03. The molecule has 0 nitrogen and oxygen atoms in total. The largest absolute Gasteiger partial charge is 0.102 e. The van der Waals surface area contributed by atoms with E-state index in [0.29, 0.717) is 5.92 Å². The molecule has 0 aromatic carbocycles. The Morgan fingerprint density at radius 1 is 1.50 bits per heavy atom. The minimum atomic E-state index is 0.405. The quantitative estimate of drug-likeness (QED) is 0.315. The lowest BCUT2D eigenvalue weighted by molar-refractivity contribution is 0.812. The maximum absolute atomic E-state index is 3.97. The second-order valence-electron chi connectivity index (χ2n) is 3.14. The molecule has 0 N–H and O–H groups in total. The van der Waals surface area contributed by atoms with Gasteiger partial charge in [-0.25, -0.2) is 0 Å². The van der Waals surface area contributed by atoms with Crippen LogP contribution in [0.1, 0.15) is 33.1 Å². The minimum absolute atomic E-state index is 0.405. The summed E-state index contributed by atoms with van der Waals surface area (Å²) in [6.45, 7) is 12.0. The van der Waals surface area contributed by atoms with Gasteiger partial charge in [0.15, 0.2) is 0 Å². The zero-order valence-corrected chi connectivity index (χ0v) is 8.34. The molecule has 0 heterocycles. The highest BCUT2D eigenvalue weighted by molar-refractivity contribution is 5.20. The van der Waals surface area contributed by atoms with Crippen molar-refractivity contribution in [2.24, 2.45) is 5.92 Å². The van der Waals surface area contributed by atoms with Crippen LogP contribution >= 0.6 is 0 Å². The van der Waals surface area contributed by atoms with E-state index in [4.69, 9.17) is 0 Å². The van der Waals surface area contributed by atoms with E-state index < -0.39 is 0 Å². The summed E-state index contributed by atoms with van der Waals surface area (Å²) in [5.41, 5.74) is 1.15. The van der Waals surface area contributed by atoms with Gasteiger partial charge in [-0.1, -0.05) is 51.5 Å². The zero-order valence-electron chi connectivity index (χ0n) is 8.34. The number of hydrogen-bond donors (Lipinski definition) is 0. The lowest BCUT2D eigenvalue weighted by Crippen LogP contribution is -1.89. The highest BCUT2D eigenvalue weighted by Crippen LogP contribution is 2.10. The molecule has 12 heavy (non-hydrogen) atoms. The summed E-state index contributed by atoms with van der Waals surface area (Å²) in [5.74, 6) is 0.405. The van der Waals surface area contributed by atoms with Crippen LogP contribution in [0.5, 0.6) is 0 Å². The third kappa shape index (κ3) is 4.95. The normalized spacial score (nSPS) is 13.2. The van der Waals surface area contributed by atoms with Crippen molar-refractivity contribution in [2.45, 2.75) is 33.1 Å². The van der Waals surface area contributed by atoms with Crippen molar-refractivity contribution in [1.29, 1.82) is 0 Å². The van der Waals surface area contributed by atoms with E-state index in [1.54, 1.807) is 0 Å². The lowest BCUT2D eigenvalue weighted by atomic mass is 10.0. The van der Waals surface area contributed by atoms with Crippen LogP contribution in [0.25, 0.3) is 0 Å². The van der Waals surface area contributed by atoms with E-state index in [-0.39, 0.29) is 0 Å². The molecule has 0 saturated carbocycles. The Bertz CT molecular complexity index is 163. The molecular formula is C12H20. The smallest absolute Gasteiger partial charge is 0.00191 e. The van der Waals surface area contributed by atoms with E-state index in [0.717, 1.165) is 5.57 Å². The molecule has 0 aliphatic rings. The van der Waals surface area contributed by atoms with Gasteiger partial charge >= 0.3 is 0 Å². The van der Waals surface area contributed by atoms with E-state index in [2.05, 4.69) is 39.2 Å². The Hall–Kier alpha value is -0.780. The first-order valence-corrected chi connectivity index (χ1v) is 4.70. The maximum Gasteiger partial charge on any atom is -0.00191 e. The molecule has 0 aliphatic carbocycles. The molecule has 1 unspecified atom stereocenters. The number of allylic oxidation sites excluding steroid dienone is 4. The van der Waals surface area contributed by atoms with Crippen LogP contribution in [0.2, 0.25) is 0 Å². The highest BCUT2D eigenvalue weighted by atomic mass is 14.0. The second kappa shape index (κ2) is 6.90. The molecule has 0 rings (SSSR count). The van der Waals surface area contributed by atoms with Gasteiger partial charge in [-0.3, -0.25) is 0 Å². The zero-order chi connectivity index (χ0) is 9.40. The van der Waals surface area contributed by atoms with Gasteiger partial charge in [0.1, 0.15) is 0 Å². The molecule has 0 fully saturated rings. The average molecular weight is 164 g/mol.